The molecule has 0 aliphatic carbocycles. The Balaban J connectivity index is 1.30. The fraction of sp³-hybridized carbons (Fsp3) is 0.206. The Hall–Kier alpha value is -4.73. The van der Waals surface area contributed by atoms with Crippen LogP contribution in [0.25, 0.3) is 21.9 Å². The number of fused-ring (bicyclic) bond motifs is 1. The number of nitrogens with zero attached hydrogens (tertiary/aromatic N) is 4. The molecule has 198 valence electrons. The average molecular weight is 526 g/mol. The number of aryl methyl sites for hydroxylation is 1. The van der Waals surface area contributed by atoms with Crippen molar-refractivity contribution in [1.82, 2.24) is 19.8 Å². The van der Waals surface area contributed by atoms with E-state index in [1.54, 1.807) is 0 Å². The van der Waals surface area contributed by atoms with E-state index in [9.17, 15) is 10.1 Å². The number of nitrogens with one attached hydrogen (secondary N) is 1. The zero-order valence-corrected chi connectivity index (χ0v) is 22.5. The summed E-state index contributed by atoms with van der Waals surface area (Å²) in [5.41, 5.74) is 5.49. The Morgan fingerprint density at radius 3 is 2.45 bits per heavy atom. The standard InChI is InChI=1S/C34H31N5O/c1-38-23-36-22-32(38)33(37-28-16-18-39(19-17-28)34(40)25-9-3-2-4-10-25)26-14-15-27(21-35)31(20-26)30-13-7-11-24-8-5-6-12-29(24)30/h2-15,20,22-23,28,33,37H,16-19H2,1H3. The molecule has 0 spiro atoms. The van der Waals surface area contributed by atoms with E-state index in [1.165, 1.54) is 0 Å². The minimum absolute atomic E-state index is 0.0917. The quantitative estimate of drug-likeness (QED) is 0.291. The molecule has 1 aromatic heterocycles. The van der Waals surface area contributed by atoms with Gasteiger partial charge in [0, 0.05) is 37.3 Å². The highest BCUT2D eigenvalue weighted by Crippen LogP contribution is 2.34. The molecule has 1 amide bonds. The van der Waals surface area contributed by atoms with Crippen molar-refractivity contribution in [3.8, 4) is 17.2 Å². The first-order chi connectivity index (χ1) is 19.6. The molecule has 6 nitrogen and oxygen atoms in total. The second-order valence-electron chi connectivity index (χ2n) is 10.4. The first-order valence-electron chi connectivity index (χ1n) is 13.7. The second-order valence-corrected chi connectivity index (χ2v) is 10.4. The fourth-order valence-corrected chi connectivity index (χ4v) is 5.77. The van der Waals surface area contributed by atoms with E-state index >= 15 is 0 Å². The number of hydrogen-bond donors (Lipinski definition) is 1. The third kappa shape index (κ3) is 5.00. The summed E-state index contributed by atoms with van der Waals surface area (Å²) in [5, 5.41) is 16.2. The van der Waals surface area contributed by atoms with Crippen molar-refractivity contribution in [1.29, 1.82) is 5.26 Å². The highest BCUT2D eigenvalue weighted by atomic mass is 16.2. The van der Waals surface area contributed by atoms with Gasteiger partial charge in [-0.05, 0) is 59.0 Å². The number of amides is 1. The topological polar surface area (TPSA) is 74.0 Å². The summed E-state index contributed by atoms with van der Waals surface area (Å²) < 4.78 is 2.04. The minimum atomic E-state index is -0.115. The number of aromatic nitrogens is 2. The van der Waals surface area contributed by atoms with Crippen LogP contribution in [0.1, 0.15) is 46.1 Å². The maximum atomic E-state index is 13.0. The normalized spacial score (nSPS) is 14.7. The van der Waals surface area contributed by atoms with E-state index < -0.39 is 0 Å². The molecular formula is C34H31N5O. The smallest absolute Gasteiger partial charge is 0.253 e. The van der Waals surface area contributed by atoms with E-state index in [-0.39, 0.29) is 18.0 Å². The van der Waals surface area contributed by atoms with Gasteiger partial charge >= 0.3 is 0 Å². The largest absolute Gasteiger partial charge is 0.339 e. The first kappa shape index (κ1) is 25.5. The lowest BCUT2D eigenvalue weighted by molar-refractivity contribution is 0.0702. The zero-order valence-electron chi connectivity index (χ0n) is 22.5. The van der Waals surface area contributed by atoms with Crippen LogP contribution in [-0.2, 0) is 7.05 Å². The lowest BCUT2D eigenvalue weighted by Crippen LogP contribution is -2.46. The van der Waals surface area contributed by atoms with Crippen molar-refractivity contribution in [2.75, 3.05) is 13.1 Å². The zero-order chi connectivity index (χ0) is 27.5. The molecule has 6 heteroatoms. The molecular weight excluding hydrogens is 494 g/mol. The molecule has 1 unspecified atom stereocenters. The molecule has 4 aromatic carbocycles. The number of benzene rings is 4. The Morgan fingerprint density at radius 1 is 0.950 bits per heavy atom. The maximum Gasteiger partial charge on any atom is 0.253 e. The highest BCUT2D eigenvalue weighted by molar-refractivity contribution is 5.98. The fourth-order valence-electron chi connectivity index (χ4n) is 5.77. The van der Waals surface area contributed by atoms with Gasteiger partial charge in [-0.1, -0.05) is 66.7 Å². The van der Waals surface area contributed by atoms with Crippen LogP contribution in [0, 0.1) is 11.3 Å². The van der Waals surface area contributed by atoms with Crippen molar-refractivity contribution in [2.24, 2.45) is 7.05 Å². The van der Waals surface area contributed by atoms with Gasteiger partial charge in [-0.15, -0.1) is 0 Å². The molecule has 0 radical (unpaired) electrons. The lowest BCUT2D eigenvalue weighted by Gasteiger charge is -2.35. The molecule has 1 N–H and O–H groups in total. The van der Waals surface area contributed by atoms with Crippen molar-refractivity contribution in [3.63, 3.8) is 0 Å². The predicted octanol–water partition coefficient (Wildman–Crippen LogP) is 6.10. The van der Waals surface area contributed by atoms with Crippen LogP contribution in [0.3, 0.4) is 0 Å². The Morgan fingerprint density at radius 2 is 1.70 bits per heavy atom. The number of likely N-dealkylation sites (tertiary alicyclic amines) is 1. The monoisotopic (exact) mass is 525 g/mol. The Labute approximate surface area is 234 Å². The van der Waals surface area contributed by atoms with Gasteiger partial charge < -0.3 is 14.8 Å². The highest BCUT2D eigenvalue weighted by Gasteiger charge is 2.28. The summed E-state index contributed by atoms with van der Waals surface area (Å²) in [4.78, 5) is 19.3. The van der Waals surface area contributed by atoms with Gasteiger partial charge in [0.05, 0.1) is 35.9 Å². The van der Waals surface area contributed by atoms with E-state index in [1.807, 2.05) is 89.7 Å². The van der Waals surface area contributed by atoms with Gasteiger partial charge in [-0.3, -0.25) is 4.79 Å². The van der Waals surface area contributed by atoms with Crippen LogP contribution in [0.4, 0.5) is 0 Å². The summed E-state index contributed by atoms with van der Waals surface area (Å²) in [7, 11) is 2.01. The van der Waals surface area contributed by atoms with Gasteiger partial charge in [0.2, 0.25) is 0 Å². The van der Waals surface area contributed by atoms with Crippen molar-refractivity contribution < 1.29 is 4.79 Å². The number of carbonyl (C=O) groups is 1. The van der Waals surface area contributed by atoms with E-state index in [4.69, 9.17) is 0 Å². The summed E-state index contributed by atoms with van der Waals surface area (Å²) in [6.07, 6.45) is 5.45. The molecule has 1 fully saturated rings. The molecule has 0 bridgehead atoms. The molecule has 5 aromatic rings. The van der Waals surface area contributed by atoms with Gasteiger partial charge in [-0.2, -0.15) is 5.26 Å². The molecule has 6 rings (SSSR count). The molecule has 2 heterocycles. The van der Waals surface area contributed by atoms with Gasteiger partial charge in [0.1, 0.15) is 0 Å². The molecule has 0 saturated carbocycles. The summed E-state index contributed by atoms with van der Waals surface area (Å²) in [6, 6.07) is 32.7. The Bertz CT molecular complexity index is 1690. The molecule has 1 aliphatic heterocycles. The van der Waals surface area contributed by atoms with Crippen LogP contribution in [0.2, 0.25) is 0 Å². The number of imidazole rings is 1. The van der Waals surface area contributed by atoms with Gasteiger partial charge in [0.25, 0.3) is 5.91 Å². The molecule has 1 aliphatic rings. The summed E-state index contributed by atoms with van der Waals surface area (Å²) in [5.74, 6) is 0.0917. The van der Waals surface area contributed by atoms with E-state index in [0.29, 0.717) is 18.7 Å². The third-order valence-electron chi connectivity index (χ3n) is 7.93. The third-order valence-corrected chi connectivity index (χ3v) is 7.93. The average Bonchev–Trinajstić information content (AvgIpc) is 3.45. The van der Waals surface area contributed by atoms with E-state index in [0.717, 1.165) is 51.6 Å². The molecule has 1 atom stereocenters. The number of nitriles is 1. The van der Waals surface area contributed by atoms with Crippen molar-refractivity contribution >= 4 is 16.7 Å². The van der Waals surface area contributed by atoms with E-state index in [2.05, 4.69) is 46.7 Å². The second kappa shape index (κ2) is 11.2. The lowest BCUT2D eigenvalue weighted by atomic mass is 9.90. The van der Waals surface area contributed by atoms with Crippen LogP contribution in [0.5, 0.6) is 0 Å². The van der Waals surface area contributed by atoms with Crippen LogP contribution >= 0.6 is 0 Å². The van der Waals surface area contributed by atoms with Crippen LogP contribution < -0.4 is 5.32 Å². The summed E-state index contributed by atoms with van der Waals surface area (Å²) in [6.45, 7) is 1.41. The Kier molecular flexibility index (Phi) is 7.13. The SMILES string of the molecule is Cn1cncc1C(NC1CCN(C(=O)c2ccccc2)CC1)c1ccc(C#N)c(-c2cccc3ccccc23)c1. The van der Waals surface area contributed by atoms with Gasteiger partial charge in [-0.25, -0.2) is 4.98 Å². The number of hydrogen-bond acceptors (Lipinski definition) is 4. The summed E-state index contributed by atoms with van der Waals surface area (Å²) >= 11 is 0. The number of piperidine rings is 1. The molecule has 1 saturated heterocycles. The van der Waals surface area contributed by atoms with Crippen LogP contribution in [-0.4, -0.2) is 39.5 Å². The van der Waals surface area contributed by atoms with Crippen LogP contribution in [0.15, 0.2) is 104 Å². The first-order valence-corrected chi connectivity index (χ1v) is 13.7. The van der Waals surface area contributed by atoms with Gasteiger partial charge in [0.15, 0.2) is 0 Å². The maximum absolute atomic E-state index is 13.0. The number of carbonyl (C=O) groups excluding carboxylic acids is 1. The number of rotatable bonds is 6. The predicted molar refractivity (Wildman–Crippen MR) is 158 cm³/mol. The molecule has 40 heavy (non-hydrogen) atoms. The van der Waals surface area contributed by atoms with Crippen molar-refractivity contribution in [3.05, 3.63) is 126 Å². The minimum Gasteiger partial charge on any atom is -0.339 e. The van der Waals surface area contributed by atoms with Crippen molar-refractivity contribution in [2.45, 2.75) is 24.9 Å².